The second-order valence-corrected chi connectivity index (χ2v) is 16.0. The number of amides is 2. The Labute approximate surface area is 287 Å². The van der Waals surface area contributed by atoms with E-state index in [2.05, 4.69) is 11.8 Å². The molecule has 2 amide bonds. The smallest absolute Gasteiger partial charge is 0.340 e. The molecule has 2 saturated heterocycles. The molecule has 1 spiro atoms. The van der Waals surface area contributed by atoms with E-state index in [1.807, 2.05) is 0 Å². The zero-order valence-electron chi connectivity index (χ0n) is 29.3. The number of carbonyl (C=O) groups excluding carboxylic acids is 3. The average molecular weight is 683 g/mol. The largest absolute Gasteiger partial charge is 0.461 e. The minimum absolute atomic E-state index is 0.0358. The lowest BCUT2D eigenvalue weighted by atomic mass is 9.42. The van der Waals surface area contributed by atoms with Crippen molar-refractivity contribution < 1.29 is 48.3 Å². The van der Waals surface area contributed by atoms with Gasteiger partial charge in [-0.3, -0.25) is 14.5 Å². The summed E-state index contributed by atoms with van der Waals surface area (Å²) in [5, 5.41) is 26.6. The number of esters is 1. The Hall–Kier alpha value is -2.45. The van der Waals surface area contributed by atoms with Gasteiger partial charge in [-0.15, -0.1) is 0 Å². The third-order valence-electron chi connectivity index (χ3n) is 14.5. The topological polar surface area (TPSA) is 144 Å². The number of nitrogens with zero attached hydrogens (tertiary/aromatic N) is 2. The Kier molecular flexibility index (Phi) is 7.75. The first-order valence-electron chi connectivity index (χ1n) is 17.9. The average Bonchev–Trinajstić information content (AvgIpc) is 3.63. The van der Waals surface area contributed by atoms with Gasteiger partial charge in [0.2, 0.25) is 11.8 Å². The number of likely N-dealkylation sites (N-methyl/N-ethyl adjacent to an activating group) is 1. The van der Waals surface area contributed by atoms with Crippen molar-refractivity contribution in [1.82, 2.24) is 4.90 Å². The second kappa shape index (κ2) is 11.3. The highest BCUT2D eigenvalue weighted by Crippen LogP contribution is 2.80. The Morgan fingerprint density at radius 2 is 1.80 bits per heavy atom. The number of methoxy groups -OCH3 is 4. The summed E-state index contributed by atoms with van der Waals surface area (Å²) in [7, 11) is 6.70. The van der Waals surface area contributed by atoms with Gasteiger partial charge >= 0.3 is 5.97 Å². The number of anilines is 1. The number of ether oxygens (including phenoxy) is 5. The number of carbonyl (C=O) groups is 3. The Morgan fingerprint density at radius 1 is 1.04 bits per heavy atom. The molecule has 14 atom stereocenters. The minimum Gasteiger partial charge on any atom is -0.461 e. The standard InChI is InChI=1S/C37H50N2O10/c1-7-38-17-34(18-49-32(42)20-10-8-9-11-23(20)39-26(40)14-19(2)31(39)41)13-12-25(46-4)36-22-15-21-24(45-3)16-35(43,27(22)28(21)47-5)37(44,33(36)38)30(48-6)29(34)36/h8-11,19,21-22,24-25,27-30,33,43-44H,7,12-18H2,1-6H3/t19-,21-,22-,24+,25+,27-,28+,29-,30+,33+,34+,35-,36+,37+/m1/s1. The van der Waals surface area contributed by atoms with Crippen LogP contribution in [0.1, 0.15) is 56.3 Å². The third-order valence-corrected chi connectivity index (χ3v) is 14.5. The van der Waals surface area contributed by atoms with Gasteiger partial charge in [0.05, 0.1) is 48.3 Å². The van der Waals surface area contributed by atoms with Gasteiger partial charge in [-0.2, -0.15) is 0 Å². The molecule has 7 bridgehead atoms. The zero-order valence-corrected chi connectivity index (χ0v) is 29.3. The fraction of sp³-hybridized carbons (Fsp3) is 0.757. The lowest BCUT2D eigenvalue weighted by Gasteiger charge is -2.70. The SMILES string of the molecule is CCN1C[C@]2(COC(=O)c3ccccc3N3C(=O)C[C@@H](C)C3=O)CC[C@H](OC)[C@@]34[C@@H]5C[C@H]6[C@H](OC)[C@@H]5[C@](O)(C[C@@H]6OC)[C@](O)([C@@H](OC)[C@H]23)[C@@H]14. The van der Waals surface area contributed by atoms with Crippen molar-refractivity contribution >= 4 is 23.5 Å². The van der Waals surface area contributed by atoms with E-state index in [0.717, 1.165) is 11.3 Å². The van der Waals surface area contributed by atoms with Gasteiger partial charge in [0.25, 0.3) is 0 Å². The molecule has 1 aromatic rings. The first kappa shape index (κ1) is 33.7. The summed E-state index contributed by atoms with van der Waals surface area (Å²) in [4.78, 5) is 43.3. The van der Waals surface area contributed by atoms with Gasteiger partial charge in [-0.25, -0.2) is 9.69 Å². The number of aliphatic hydroxyl groups is 2. The van der Waals surface area contributed by atoms with Gasteiger partial charge in [-0.1, -0.05) is 26.0 Å². The number of para-hydroxylation sites is 1. The summed E-state index contributed by atoms with van der Waals surface area (Å²) in [6, 6.07) is 6.12. The van der Waals surface area contributed by atoms with E-state index in [9.17, 15) is 24.6 Å². The molecule has 5 saturated carbocycles. The molecule has 12 heteroatoms. The molecule has 7 aliphatic rings. The number of fused-ring (bicyclic) bond motifs is 2. The highest BCUT2D eigenvalue weighted by Gasteiger charge is 2.91. The number of hydrogen-bond acceptors (Lipinski definition) is 11. The number of rotatable bonds is 9. The van der Waals surface area contributed by atoms with E-state index in [1.54, 1.807) is 59.6 Å². The molecule has 2 aliphatic heterocycles. The fourth-order valence-corrected chi connectivity index (χ4v) is 13.2. The molecule has 7 fully saturated rings. The molecule has 0 unspecified atom stereocenters. The molecule has 2 heterocycles. The summed E-state index contributed by atoms with van der Waals surface area (Å²) in [5.41, 5.74) is -4.17. The van der Waals surface area contributed by atoms with Crippen molar-refractivity contribution in [2.24, 2.45) is 40.4 Å². The van der Waals surface area contributed by atoms with Gasteiger partial charge in [0.15, 0.2) is 0 Å². The Morgan fingerprint density at radius 3 is 2.43 bits per heavy atom. The van der Waals surface area contributed by atoms with Crippen molar-refractivity contribution in [3.05, 3.63) is 29.8 Å². The van der Waals surface area contributed by atoms with Gasteiger partial charge in [-0.05, 0) is 43.9 Å². The molecule has 268 valence electrons. The molecule has 1 aromatic carbocycles. The Bertz CT molecular complexity index is 1560. The first-order chi connectivity index (χ1) is 23.4. The van der Waals surface area contributed by atoms with Crippen molar-refractivity contribution in [3.8, 4) is 0 Å². The summed E-state index contributed by atoms with van der Waals surface area (Å²) < 4.78 is 31.4. The maximum absolute atomic E-state index is 14.1. The maximum Gasteiger partial charge on any atom is 0.340 e. The molecular formula is C37H50N2O10. The molecule has 2 N–H and O–H groups in total. The van der Waals surface area contributed by atoms with Crippen LogP contribution >= 0.6 is 0 Å². The van der Waals surface area contributed by atoms with Crippen molar-refractivity contribution in [2.45, 2.75) is 87.6 Å². The van der Waals surface area contributed by atoms with Crippen LogP contribution in [0.4, 0.5) is 5.69 Å². The number of benzene rings is 1. The van der Waals surface area contributed by atoms with Crippen molar-refractivity contribution in [2.75, 3.05) is 53.0 Å². The normalized spacial score (nSPS) is 48.0. The molecule has 0 aromatic heterocycles. The van der Waals surface area contributed by atoms with Crippen LogP contribution in [0, 0.1) is 40.4 Å². The first-order valence-corrected chi connectivity index (χ1v) is 17.9. The summed E-state index contributed by atoms with van der Waals surface area (Å²) >= 11 is 0. The fourth-order valence-electron chi connectivity index (χ4n) is 13.2. The molecule has 5 aliphatic carbocycles. The minimum atomic E-state index is -1.70. The number of piperidine rings is 1. The molecule has 12 nitrogen and oxygen atoms in total. The van der Waals surface area contributed by atoms with Gasteiger partial charge < -0.3 is 33.9 Å². The van der Waals surface area contributed by atoms with Crippen LogP contribution in [0.25, 0.3) is 0 Å². The van der Waals surface area contributed by atoms with Crippen LogP contribution in [-0.2, 0) is 33.3 Å². The number of likely N-dealkylation sites (tertiary alicyclic amines) is 1. The molecule has 8 rings (SSSR count). The predicted octanol–water partition coefficient (Wildman–Crippen LogP) is 2.04. The van der Waals surface area contributed by atoms with Crippen LogP contribution in [0.2, 0.25) is 0 Å². The van der Waals surface area contributed by atoms with E-state index in [4.69, 9.17) is 23.7 Å². The van der Waals surface area contributed by atoms with Crippen LogP contribution in [-0.4, -0.2) is 123 Å². The molecule has 0 radical (unpaired) electrons. The lowest BCUT2D eigenvalue weighted by Crippen LogP contribution is -2.82. The zero-order chi connectivity index (χ0) is 34.8. The van der Waals surface area contributed by atoms with E-state index in [-0.39, 0.29) is 84.5 Å². The molecule has 49 heavy (non-hydrogen) atoms. The molecular weight excluding hydrogens is 632 g/mol. The van der Waals surface area contributed by atoms with Gasteiger partial charge in [0, 0.05) is 82.3 Å². The van der Waals surface area contributed by atoms with Gasteiger partial charge in [0.1, 0.15) is 11.2 Å². The second-order valence-electron chi connectivity index (χ2n) is 16.0. The van der Waals surface area contributed by atoms with Crippen LogP contribution < -0.4 is 4.90 Å². The lowest BCUT2D eigenvalue weighted by molar-refractivity contribution is -0.320. The highest BCUT2D eigenvalue weighted by molar-refractivity contribution is 6.22. The van der Waals surface area contributed by atoms with Crippen LogP contribution in [0.3, 0.4) is 0 Å². The van der Waals surface area contributed by atoms with E-state index < -0.39 is 46.1 Å². The Balaban J connectivity index is 1.23. The monoisotopic (exact) mass is 682 g/mol. The number of hydrogen-bond donors (Lipinski definition) is 2. The summed E-state index contributed by atoms with van der Waals surface area (Å²) in [6.07, 6.45) is 0.813. The van der Waals surface area contributed by atoms with Crippen LogP contribution in [0.5, 0.6) is 0 Å². The third kappa shape index (κ3) is 3.86. The van der Waals surface area contributed by atoms with Crippen molar-refractivity contribution in [1.29, 1.82) is 0 Å². The van der Waals surface area contributed by atoms with Crippen molar-refractivity contribution in [3.63, 3.8) is 0 Å². The highest BCUT2D eigenvalue weighted by atomic mass is 16.5. The van der Waals surface area contributed by atoms with Crippen LogP contribution in [0.15, 0.2) is 24.3 Å². The van der Waals surface area contributed by atoms with E-state index in [0.29, 0.717) is 25.9 Å². The number of imide groups is 1. The quantitative estimate of drug-likeness (QED) is 0.292. The predicted molar refractivity (Wildman–Crippen MR) is 174 cm³/mol. The van der Waals surface area contributed by atoms with E-state index in [1.165, 1.54) is 0 Å². The van der Waals surface area contributed by atoms with E-state index >= 15 is 0 Å². The summed E-state index contributed by atoms with van der Waals surface area (Å²) in [5.74, 6) is -2.47. The summed E-state index contributed by atoms with van der Waals surface area (Å²) in [6.45, 7) is 4.95. The maximum atomic E-state index is 14.1.